The van der Waals surface area contributed by atoms with Gasteiger partial charge >= 0.3 is 0 Å². The molecule has 0 atom stereocenters. The number of fused-ring (bicyclic) bond motifs is 2. The lowest BCUT2D eigenvalue weighted by molar-refractivity contribution is 0.0802. The second-order valence-electron chi connectivity index (χ2n) is 15.7. The number of rotatable bonds is 10. The van der Waals surface area contributed by atoms with Crippen LogP contribution in [0.15, 0.2) is 36.4 Å². The van der Waals surface area contributed by atoms with Crippen molar-refractivity contribution < 1.29 is 8.78 Å². The van der Waals surface area contributed by atoms with Crippen LogP contribution in [0.4, 0.5) is 8.78 Å². The number of hydrogen-bond donors (Lipinski definition) is 2. The van der Waals surface area contributed by atoms with Gasteiger partial charge in [0.15, 0.2) is 0 Å². The molecular formula is C42H63ClF2N4. The van der Waals surface area contributed by atoms with Crippen LogP contribution in [-0.2, 0) is 0 Å². The molecule has 4 nitrogen and oxygen atoms in total. The lowest BCUT2D eigenvalue weighted by atomic mass is 9.72. The number of hydrogen-bond acceptors (Lipinski definition) is 2. The summed E-state index contributed by atoms with van der Waals surface area (Å²) < 4.78 is 27.1. The van der Waals surface area contributed by atoms with Crippen LogP contribution < -0.4 is 0 Å². The van der Waals surface area contributed by atoms with Crippen molar-refractivity contribution in [1.82, 2.24) is 19.8 Å². The van der Waals surface area contributed by atoms with Crippen LogP contribution in [0.1, 0.15) is 138 Å². The molecule has 6 rings (SSSR count). The van der Waals surface area contributed by atoms with Gasteiger partial charge in [-0.25, -0.2) is 8.78 Å². The van der Waals surface area contributed by atoms with E-state index in [0.717, 1.165) is 21.8 Å². The van der Waals surface area contributed by atoms with Crippen molar-refractivity contribution >= 4 is 34.2 Å². The van der Waals surface area contributed by atoms with Crippen LogP contribution in [0.5, 0.6) is 0 Å². The highest BCUT2D eigenvalue weighted by Crippen LogP contribution is 2.45. The van der Waals surface area contributed by atoms with Crippen LogP contribution in [0.2, 0.25) is 0 Å². The molecule has 0 spiro atoms. The predicted octanol–water partition coefficient (Wildman–Crippen LogP) is 11.9. The van der Waals surface area contributed by atoms with Crippen molar-refractivity contribution in [3.05, 3.63) is 70.5 Å². The van der Waals surface area contributed by atoms with Crippen molar-refractivity contribution in [2.24, 2.45) is 0 Å². The number of H-pyrrole nitrogens is 2. The van der Waals surface area contributed by atoms with Crippen molar-refractivity contribution in [2.75, 3.05) is 28.2 Å². The Morgan fingerprint density at radius 2 is 0.980 bits per heavy atom. The maximum atomic E-state index is 13.6. The molecular weight excluding hydrogens is 634 g/mol. The van der Waals surface area contributed by atoms with E-state index >= 15 is 0 Å². The van der Waals surface area contributed by atoms with Crippen molar-refractivity contribution in [1.29, 1.82) is 0 Å². The second-order valence-corrected chi connectivity index (χ2v) is 15.7. The van der Waals surface area contributed by atoms with Gasteiger partial charge in [-0.05, 0) is 166 Å². The average molecular weight is 697 g/mol. The topological polar surface area (TPSA) is 38.1 Å². The van der Waals surface area contributed by atoms with Crippen LogP contribution in [0, 0.1) is 25.5 Å². The highest BCUT2D eigenvalue weighted by atomic mass is 35.5. The minimum Gasteiger partial charge on any atom is -0.358 e. The molecule has 0 unspecified atom stereocenters. The Morgan fingerprint density at radius 1 is 0.633 bits per heavy atom. The molecule has 272 valence electrons. The minimum absolute atomic E-state index is 0. The number of aromatic amines is 2. The molecule has 2 aliphatic rings. The van der Waals surface area contributed by atoms with E-state index in [1.807, 2.05) is 12.1 Å². The Kier molecular flexibility index (Phi) is 13.5. The van der Waals surface area contributed by atoms with E-state index in [2.05, 4.69) is 75.7 Å². The Hall–Kier alpha value is -2.41. The van der Waals surface area contributed by atoms with E-state index in [1.165, 1.54) is 112 Å². The summed E-state index contributed by atoms with van der Waals surface area (Å²) in [5, 5.41) is 2.08. The lowest BCUT2D eigenvalue weighted by Gasteiger charge is -2.45. The van der Waals surface area contributed by atoms with Crippen molar-refractivity contribution in [2.45, 2.75) is 141 Å². The zero-order valence-corrected chi connectivity index (χ0v) is 32.4. The van der Waals surface area contributed by atoms with Crippen LogP contribution in [0.3, 0.4) is 0 Å². The fraction of sp³-hybridized carbons (Fsp3) is 0.619. The SMILES string of the molecule is CCCCC1(N(C)C)CCC(c2[nH]c3ccc(F)cc3c2C)CC1.CCCCC1(N(C)C)CCC(c2[nH]c3ccc(F)cc3c2C)CC1.Cl. The van der Waals surface area contributed by atoms with E-state index < -0.39 is 0 Å². The van der Waals surface area contributed by atoms with Gasteiger partial charge < -0.3 is 19.8 Å². The van der Waals surface area contributed by atoms with Crippen LogP contribution in [0.25, 0.3) is 21.8 Å². The predicted molar refractivity (Wildman–Crippen MR) is 208 cm³/mol. The average Bonchev–Trinajstić information content (AvgIpc) is 3.58. The largest absolute Gasteiger partial charge is 0.358 e. The Bertz CT molecular complexity index is 1520. The van der Waals surface area contributed by atoms with E-state index in [-0.39, 0.29) is 24.0 Å². The standard InChI is InChI=1S/2C21H31FN2.ClH/c2*1-5-6-11-21(24(3)4)12-9-16(10-13-21)20-15(2)18-14-17(22)7-8-19(18)23-20;/h2*7-8,14,16,23H,5-6,9-13H2,1-4H3;1H. The molecule has 2 aliphatic carbocycles. The first-order valence-electron chi connectivity index (χ1n) is 18.8. The number of nitrogens with zero attached hydrogens (tertiary/aromatic N) is 2. The molecule has 0 aliphatic heterocycles. The highest BCUT2D eigenvalue weighted by molar-refractivity contribution is 5.86. The van der Waals surface area contributed by atoms with E-state index in [9.17, 15) is 8.78 Å². The first-order chi connectivity index (χ1) is 22.9. The maximum absolute atomic E-state index is 13.6. The Balaban J connectivity index is 0.000000216. The van der Waals surface area contributed by atoms with Gasteiger partial charge in [-0.15, -0.1) is 12.4 Å². The number of aromatic nitrogens is 2. The van der Waals surface area contributed by atoms with Gasteiger partial charge in [0.1, 0.15) is 11.6 Å². The fourth-order valence-electron chi connectivity index (χ4n) is 9.20. The zero-order valence-electron chi connectivity index (χ0n) is 31.6. The monoisotopic (exact) mass is 696 g/mol. The van der Waals surface area contributed by atoms with Gasteiger partial charge in [-0.1, -0.05) is 39.5 Å². The number of benzene rings is 2. The summed E-state index contributed by atoms with van der Waals surface area (Å²) in [7, 11) is 8.97. The van der Waals surface area contributed by atoms with E-state index in [1.54, 1.807) is 24.3 Å². The lowest BCUT2D eigenvalue weighted by Crippen LogP contribution is -2.46. The van der Waals surface area contributed by atoms with Crippen LogP contribution in [-0.4, -0.2) is 59.0 Å². The molecule has 0 amide bonds. The summed E-state index contributed by atoms with van der Waals surface area (Å²) in [6.07, 6.45) is 17.7. The molecule has 4 aromatic rings. The van der Waals surface area contributed by atoms with Gasteiger partial charge in [0.2, 0.25) is 0 Å². The molecule has 49 heavy (non-hydrogen) atoms. The molecule has 2 saturated carbocycles. The van der Waals surface area contributed by atoms with Gasteiger partial charge in [0.05, 0.1) is 0 Å². The summed E-state index contributed by atoms with van der Waals surface area (Å²) in [6.45, 7) is 8.83. The third-order valence-electron chi connectivity index (χ3n) is 12.7. The van der Waals surface area contributed by atoms with Gasteiger partial charge in [0, 0.05) is 44.3 Å². The highest BCUT2D eigenvalue weighted by Gasteiger charge is 2.39. The molecule has 2 N–H and O–H groups in total. The van der Waals surface area contributed by atoms with Crippen molar-refractivity contribution in [3.63, 3.8) is 0 Å². The summed E-state index contributed by atoms with van der Waals surface area (Å²) >= 11 is 0. The zero-order chi connectivity index (χ0) is 34.6. The molecule has 7 heteroatoms. The molecule has 2 aromatic carbocycles. The molecule has 2 aromatic heterocycles. The fourth-order valence-corrected chi connectivity index (χ4v) is 9.20. The second kappa shape index (κ2) is 16.7. The van der Waals surface area contributed by atoms with Crippen LogP contribution >= 0.6 is 12.4 Å². The Labute approximate surface area is 301 Å². The summed E-state index contributed by atoms with van der Waals surface area (Å²) in [5.41, 5.74) is 8.02. The number of aryl methyl sites for hydroxylation is 2. The molecule has 0 radical (unpaired) electrons. The summed E-state index contributed by atoms with van der Waals surface area (Å²) in [4.78, 5) is 12.1. The quantitative estimate of drug-likeness (QED) is 0.173. The van der Waals surface area contributed by atoms with Gasteiger partial charge in [0.25, 0.3) is 0 Å². The third kappa shape index (κ3) is 8.39. The van der Waals surface area contributed by atoms with E-state index in [0.29, 0.717) is 22.9 Å². The van der Waals surface area contributed by atoms with Crippen molar-refractivity contribution in [3.8, 4) is 0 Å². The first-order valence-corrected chi connectivity index (χ1v) is 18.8. The smallest absolute Gasteiger partial charge is 0.123 e. The number of nitrogens with one attached hydrogen (secondary N) is 2. The molecule has 2 heterocycles. The first kappa shape index (κ1) is 39.4. The Morgan fingerprint density at radius 3 is 1.29 bits per heavy atom. The van der Waals surface area contributed by atoms with E-state index in [4.69, 9.17) is 0 Å². The maximum Gasteiger partial charge on any atom is 0.123 e. The molecule has 0 bridgehead atoms. The normalized spacial score (nSPS) is 24.3. The number of halogens is 3. The molecule has 2 fully saturated rings. The summed E-state index contributed by atoms with van der Waals surface area (Å²) in [6, 6.07) is 10.2. The van der Waals surface area contributed by atoms with Gasteiger partial charge in [-0.3, -0.25) is 0 Å². The minimum atomic E-state index is -0.147. The summed E-state index contributed by atoms with van der Waals surface area (Å²) in [5.74, 6) is 0.863. The molecule has 0 saturated heterocycles. The van der Waals surface area contributed by atoms with Gasteiger partial charge in [-0.2, -0.15) is 0 Å². The third-order valence-corrected chi connectivity index (χ3v) is 12.7. The number of unbranched alkanes of at least 4 members (excludes halogenated alkanes) is 2.